The molecule has 0 fully saturated rings. The largest absolute Gasteiger partial charge is 0.465 e. The molecule has 0 amide bonds. The normalized spacial score (nSPS) is 10.0. The van der Waals surface area contributed by atoms with Crippen LogP contribution in [0.1, 0.15) is 19.8 Å². The SMILES string of the molecule is C=CCCCN(CC=C)CC(=O)OCC. The molecule has 0 aliphatic rings. The quantitative estimate of drug-likeness (QED) is 0.332. The monoisotopic (exact) mass is 211 g/mol. The molecule has 0 spiro atoms. The number of esters is 1. The van der Waals surface area contributed by atoms with Gasteiger partial charge >= 0.3 is 5.97 Å². The van der Waals surface area contributed by atoms with Gasteiger partial charge in [0.2, 0.25) is 0 Å². The van der Waals surface area contributed by atoms with E-state index in [0.717, 1.165) is 25.9 Å². The summed E-state index contributed by atoms with van der Waals surface area (Å²) in [5.41, 5.74) is 0. The summed E-state index contributed by atoms with van der Waals surface area (Å²) >= 11 is 0. The van der Waals surface area contributed by atoms with Crippen LogP contribution >= 0.6 is 0 Å². The van der Waals surface area contributed by atoms with Crippen molar-refractivity contribution in [3.8, 4) is 0 Å². The van der Waals surface area contributed by atoms with Gasteiger partial charge in [-0.15, -0.1) is 13.2 Å². The van der Waals surface area contributed by atoms with Gasteiger partial charge in [0, 0.05) is 6.54 Å². The molecule has 0 aliphatic carbocycles. The number of carbonyl (C=O) groups excluding carboxylic acids is 1. The lowest BCUT2D eigenvalue weighted by molar-refractivity contribution is -0.144. The van der Waals surface area contributed by atoms with Crippen LogP contribution in [0.3, 0.4) is 0 Å². The molecular formula is C12H21NO2. The summed E-state index contributed by atoms with van der Waals surface area (Å²) in [6.45, 7) is 11.5. The van der Waals surface area contributed by atoms with Gasteiger partial charge < -0.3 is 4.74 Å². The van der Waals surface area contributed by atoms with Gasteiger partial charge in [0.25, 0.3) is 0 Å². The minimum Gasteiger partial charge on any atom is -0.465 e. The lowest BCUT2D eigenvalue weighted by atomic mass is 10.3. The van der Waals surface area contributed by atoms with Gasteiger partial charge in [0.15, 0.2) is 0 Å². The minimum atomic E-state index is -0.169. The maximum Gasteiger partial charge on any atom is 0.320 e. The molecule has 0 saturated heterocycles. The van der Waals surface area contributed by atoms with E-state index in [2.05, 4.69) is 13.2 Å². The van der Waals surface area contributed by atoms with E-state index < -0.39 is 0 Å². The zero-order valence-corrected chi connectivity index (χ0v) is 9.58. The summed E-state index contributed by atoms with van der Waals surface area (Å²) in [5, 5.41) is 0. The van der Waals surface area contributed by atoms with Crippen molar-refractivity contribution in [2.45, 2.75) is 19.8 Å². The highest BCUT2D eigenvalue weighted by molar-refractivity contribution is 5.71. The number of carbonyl (C=O) groups is 1. The highest BCUT2D eigenvalue weighted by Crippen LogP contribution is 1.97. The van der Waals surface area contributed by atoms with Gasteiger partial charge in [-0.2, -0.15) is 0 Å². The van der Waals surface area contributed by atoms with Crippen LogP contribution in [0, 0.1) is 0 Å². The van der Waals surface area contributed by atoms with Gasteiger partial charge in [-0.1, -0.05) is 12.2 Å². The van der Waals surface area contributed by atoms with E-state index in [1.54, 1.807) is 6.08 Å². The molecule has 3 nitrogen and oxygen atoms in total. The average Bonchev–Trinajstić information content (AvgIpc) is 2.18. The predicted octanol–water partition coefficient (Wildman–Crippen LogP) is 2.00. The lowest BCUT2D eigenvalue weighted by Crippen LogP contribution is -2.32. The second-order valence-corrected chi connectivity index (χ2v) is 3.26. The Morgan fingerprint density at radius 3 is 2.67 bits per heavy atom. The van der Waals surface area contributed by atoms with Crippen LogP contribution in [0.2, 0.25) is 0 Å². The van der Waals surface area contributed by atoms with Crippen molar-refractivity contribution in [1.29, 1.82) is 0 Å². The Balaban J connectivity index is 3.85. The molecule has 3 heteroatoms. The number of unbranched alkanes of at least 4 members (excludes halogenated alkanes) is 1. The molecule has 0 aliphatic heterocycles. The van der Waals surface area contributed by atoms with E-state index in [9.17, 15) is 4.79 Å². The standard InChI is InChI=1S/C12H21NO2/c1-4-7-8-10-13(9-5-2)11-12(14)15-6-3/h4-5H,1-2,6-11H2,3H3. The number of rotatable bonds is 9. The zero-order chi connectivity index (χ0) is 11.5. The van der Waals surface area contributed by atoms with Crippen LogP contribution in [-0.4, -0.2) is 37.1 Å². The molecule has 0 aromatic heterocycles. The van der Waals surface area contributed by atoms with Crippen molar-refractivity contribution in [1.82, 2.24) is 4.90 Å². The Hall–Kier alpha value is -1.09. The average molecular weight is 211 g/mol. The molecule has 0 N–H and O–H groups in total. The molecule has 0 radical (unpaired) electrons. The topological polar surface area (TPSA) is 29.5 Å². The Morgan fingerprint density at radius 2 is 2.13 bits per heavy atom. The highest BCUT2D eigenvalue weighted by atomic mass is 16.5. The Morgan fingerprint density at radius 1 is 1.40 bits per heavy atom. The maximum atomic E-state index is 11.2. The molecule has 0 bridgehead atoms. The summed E-state index contributed by atoms with van der Waals surface area (Å²) in [6.07, 6.45) is 5.66. The van der Waals surface area contributed by atoms with Crippen LogP contribution in [0.4, 0.5) is 0 Å². The van der Waals surface area contributed by atoms with E-state index in [4.69, 9.17) is 4.74 Å². The summed E-state index contributed by atoms with van der Waals surface area (Å²) < 4.78 is 4.89. The number of nitrogens with zero attached hydrogens (tertiary/aromatic N) is 1. The fraction of sp³-hybridized carbons (Fsp3) is 0.583. The molecule has 0 aromatic carbocycles. The number of ether oxygens (including phenoxy) is 1. The summed E-state index contributed by atoms with van der Waals surface area (Å²) in [6, 6.07) is 0. The number of hydrogen-bond acceptors (Lipinski definition) is 3. The third-order valence-corrected chi connectivity index (χ3v) is 1.93. The molecule has 0 unspecified atom stereocenters. The summed E-state index contributed by atoms with van der Waals surface area (Å²) in [7, 11) is 0. The predicted molar refractivity (Wildman–Crippen MR) is 62.7 cm³/mol. The van der Waals surface area contributed by atoms with Crippen molar-refractivity contribution in [3.05, 3.63) is 25.3 Å². The van der Waals surface area contributed by atoms with Gasteiger partial charge in [0.1, 0.15) is 0 Å². The van der Waals surface area contributed by atoms with Crippen molar-refractivity contribution in [2.75, 3.05) is 26.2 Å². The van der Waals surface area contributed by atoms with E-state index in [-0.39, 0.29) is 5.97 Å². The van der Waals surface area contributed by atoms with Gasteiger partial charge in [0.05, 0.1) is 13.2 Å². The van der Waals surface area contributed by atoms with E-state index in [1.165, 1.54) is 0 Å². The molecule has 0 heterocycles. The van der Waals surface area contributed by atoms with Crippen molar-refractivity contribution in [3.63, 3.8) is 0 Å². The number of hydrogen-bond donors (Lipinski definition) is 0. The molecule has 86 valence electrons. The molecular weight excluding hydrogens is 190 g/mol. The van der Waals surface area contributed by atoms with Crippen molar-refractivity contribution >= 4 is 5.97 Å². The molecule has 0 rings (SSSR count). The lowest BCUT2D eigenvalue weighted by Gasteiger charge is -2.18. The second-order valence-electron chi connectivity index (χ2n) is 3.26. The van der Waals surface area contributed by atoms with Crippen LogP contribution in [0.5, 0.6) is 0 Å². The Kier molecular flexibility index (Phi) is 8.78. The highest BCUT2D eigenvalue weighted by Gasteiger charge is 2.09. The van der Waals surface area contributed by atoms with Crippen molar-refractivity contribution < 1.29 is 9.53 Å². The first kappa shape index (κ1) is 13.9. The third-order valence-electron chi connectivity index (χ3n) is 1.93. The summed E-state index contributed by atoms with van der Waals surface area (Å²) in [5.74, 6) is -0.169. The molecule has 0 atom stereocenters. The maximum absolute atomic E-state index is 11.2. The minimum absolute atomic E-state index is 0.169. The second kappa shape index (κ2) is 9.46. The van der Waals surface area contributed by atoms with Gasteiger partial charge in [-0.05, 0) is 26.3 Å². The van der Waals surface area contributed by atoms with Gasteiger partial charge in [-0.25, -0.2) is 0 Å². The number of allylic oxidation sites excluding steroid dienone is 1. The summed E-state index contributed by atoms with van der Waals surface area (Å²) in [4.78, 5) is 13.3. The van der Waals surface area contributed by atoms with E-state index >= 15 is 0 Å². The first-order valence-electron chi connectivity index (χ1n) is 5.34. The fourth-order valence-electron chi connectivity index (χ4n) is 1.27. The van der Waals surface area contributed by atoms with Crippen LogP contribution in [-0.2, 0) is 9.53 Å². The first-order valence-corrected chi connectivity index (χ1v) is 5.34. The molecule has 0 saturated carbocycles. The van der Waals surface area contributed by atoms with Crippen molar-refractivity contribution in [2.24, 2.45) is 0 Å². The Labute approximate surface area is 92.4 Å². The smallest absolute Gasteiger partial charge is 0.320 e. The third kappa shape index (κ3) is 7.94. The van der Waals surface area contributed by atoms with Gasteiger partial charge in [-0.3, -0.25) is 9.69 Å². The van der Waals surface area contributed by atoms with Crippen LogP contribution in [0.15, 0.2) is 25.3 Å². The molecule has 0 aromatic rings. The molecule has 15 heavy (non-hydrogen) atoms. The van der Waals surface area contributed by atoms with E-state index in [0.29, 0.717) is 13.2 Å². The zero-order valence-electron chi connectivity index (χ0n) is 9.58. The fourth-order valence-corrected chi connectivity index (χ4v) is 1.27. The van der Waals surface area contributed by atoms with E-state index in [1.807, 2.05) is 17.9 Å². The Bertz CT molecular complexity index is 202. The van der Waals surface area contributed by atoms with Crippen LogP contribution < -0.4 is 0 Å². The first-order chi connectivity index (χ1) is 7.24. The van der Waals surface area contributed by atoms with Crippen LogP contribution in [0.25, 0.3) is 0 Å².